The van der Waals surface area contributed by atoms with Crippen LogP contribution >= 0.6 is 0 Å². The molecule has 1 aromatic carbocycles. The minimum absolute atomic E-state index is 0.598. The Labute approximate surface area is 90.5 Å². The van der Waals surface area contributed by atoms with E-state index in [0.717, 1.165) is 12.8 Å². The summed E-state index contributed by atoms with van der Waals surface area (Å²) in [5, 5.41) is 1.34. The van der Waals surface area contributed by atoms with Crippen LogP contribution < -0.4 is 5.73 Å². The Balaban J connectivity index is 2.75. The van der Waals surface area contributed by atoms with E-state index in [-0.39, 0.29) is 0 Å². The van der Waals surface area contributed by atoms with Gasteiger partial charge in [-0.2, -0.15) is 0 Å². The highest BCUT2D eigenvalue weighted by atomic mass is 14.8. The molecule has 2 nitrogen and oxygen atoms in total. The maximum atomic E-state index is 5.75. The van der Waals surface area contributed by atoms with Crippen LogP contribution in [0.15, 0.2) is 18.2 Å². The second-order valence-corrected chi connectivity index (χ2v) is 3.83. The molecular formula is C13H18N2. The molecule has 0 aliphatic rings. The number of hydrogen-bond donors (Lipinski definition) is 2. The largest absolute Gasteiger partial charge is 0.357 e. The maximum Gasteiger partial charge on any atom is 0.0491 e. The summed E-state index contributed by atoms with van der Waals surface area (Å²) in [6.45, 7) is 4.96. The number of nitrogens with two attached hydrogens (primary N) is 1. The number of para-hydroxylation sites is 1. The molecule has 0 aliphatic carbocycles. The molecular weight excluding hydrogens is 184 g/mol. The van der Waals surface area contributed by atoms with E-state index in [1.54, 1.807) is 0 Å². The minimum atomic E-state index is 0.598. The number of nitrogens with one attached hydrogen (secondary N) is 1. The summed E-state index contributed by atoms with van der Waals surface area (Å²) in [7, 11) is 0. The van der Waals surface area contributed by atoms with Gasteiger partial charge in [-0.3, -0.25) is 0 Å². The highest BCUT2D eigenvalue weighted by Crippen LogP contribution is 2.25. The zero-order chi connectivity index (χ0) is 10.8. The van der Waals surface area contributed by atoms with Gasteiger partial charge < -0.3 is 10.7 Å². The van der Waals surface area contributed by atoms with Crippen molar-refractivity contribution in [3.63, 3.8) is 0 Å². The average Bonchev–Trinajstić information content (AvgIpc) is 2.66. The van der Waals surface area contributed by atoms with Gasteiger partial charge in [0.25, 0.3) is 0 Å². The molecule has 1 heterocycles. The van der Waals surface area contributed by atoms with E-state index < -0.39 is 0 Å². The fraction of sp³-hybridized carbons (Fsp3) is 0.385. The molecule has 0 spiro atoms. The summed E-state index contributed by atoms with van der Waals surface area (Å²) in [4.78, 5) is 3.46. The summed E-state index contributed by atoms with van der Waals surface area (Å²) < 4.78 is 0. The Morgan fingerprint density at radius 2 is 2.00 bits per heavy atom. The quantitative estimate of drug-likeness (QED) is 0.789. The van der Waals surface area contributed by atoms with Crippen LogP contribution in [0.5, 0.6) is 0 Å². The maximum absolute atomic E-state index is 5.75. The predicted octanol–water partition coefficient (Wildman–Crippen LogP) is 2.75. The summed E-state index contributed by atoms with van der Waals surface area (Å²) in [6, 6.07) is 6.50. The Hall–Kier alpha value is -1.28. The van der Waals surface area contributed by atoms with Gasteiger partial charge in [0, 0.05) is 23.1 Å². The lowest BCUT2D eigenvalue weighted by Gasteiger charge is -1.99. The van der Waals surface area contributed by atoms with Crippen molar-refractivity contribution in [1.82, 2.24) is 4.98 Å². The topological polar surface area (TPSA) is 41.8 Å². The van der Waals surface area contributed by atoms with E-state index in [9.17, 15) is 0 Å². The van der Waals surface area contributed by atoms with Crippen molar-refractivity contribution < 1.29 is 0 Å². The molecule has 1 aromatic heterocycles. The van der Waals surface area contributed by atoms with Crippen molar-refractivity contribution in [2.45, 2.75) is 33.2 Å². The van der Waals surface area contributed by atoms with E-state index in [1.165, 1.54) is 27.7 Å². The normalized spacial score (nSPS) is 11.1. The molecule has 0 atom stereocenters. The molecule has 0 amide bonds. The van der Waals surface area contributed by atoms with Crippen molar-refractivity contribution in [3.8, 4) is 0 Å². The summed E-state index contributed by atoms with van der Waals surface area (Å²) >= 11 is 0. The Bertz CT molecular complexity index is 469. The number of benzene rings is 1. The number of aromatic nitrogens is 1. The van der Waals surface area contributed by atoms with Crippen LogP contribution in [0.25, 0.3) is 10.9 Å². The fourth-order valence-electron chi connectivity index (χ4n) is 2.26. The lowest BCUT2D eigenvalue weighted by molar-refractivity contribution is 0.972. The van der Waals surface area contributed by atoms with Crippen molar-refractivity contribution in [1.29, 1.82) is 0 Å². The molecule has 0 saturated heterocycles. The molecule has 3 N–H and O–H groups in total. The van der Waals surface area contributed by atoms with Crippen molar-refractivity contribution in [2.24, 2.45) is 5.73 Å². The SMILES string of the molecule is CCc1c(CN)[nH]c2c(CC)cccc12. The number of fused-ring (bicyclic) bond motifs is 1. The van der Waals surface area contributed by atoms with Crippen LogP contribution in [0.4, 0.5) is 0 Å². The van der Waals surface area contributed by atoms with Gasteiger partial charge in [-0.1, -0.05) is 32.0 Å². The third-order valence-corrected chi connectivity index (χ3v) is 3.05. The smallest absolute Gasteiger partial charge is 0.0491 e. The average molecular weight is 202 g/mol. The number of aromatic amines is 1. The summed E-state index contributed by atoms with van der Waals surface area (Å²) in [6.07, 6.45) is 2.10. The predicted molar refractivity (Wildman–Crippen MR) is 64.9 cm³/mol. The van der Waals surface area contributed by atoms with Gasteiger partial charge in [-0.05, 0) is 24.0 Å². The van der Waals surface area contributed by atoms with Crippen LogP contribution in [0.2, 0.25) is 0 Å². The van der Waals surface area contributed by atoms with Crippen LogP contribution in [-0.4, -0.2) is 4.98 Å². The third-order valence-electron chi connectivity index (χ3n) is 3.05. The molecule has 80 valence electrons. The molecule has 2 aromatic rings. The zero-order valence-electron chi connectivity index (χ0n) is 9.43. The molecule has 15 heavy (non-hydrogen) atoms. The Morgan fingerprint density at radius 3 is 2.60 bits per heavy atom. The first kappa shape index (κ1) is 10.2. The number of H-pyrrole nitrogens is 1. The first-order valence-corrected chi connectivity index (χ1v) is 5.63. The zero-order valence-corrected chi connectivity index (χ0v) is 9.43. The highest BCUT2D eigenvalue weighted by molar-refractivity contribution is 5.87. The fourth-order valence-corrected chi connectivity index (χ4v) is 2.26. The lowest BCUT2D eigenvalue weighted by Crippen LogP contribution is -1.99. The van der Waals surface area contributed by atoms with Gasteiger partial charge in [-0.25, -0.2) is 0 Å². The van der Waals surface area contributed by atoms with E-state index in [4.69, 9.17) is 5.73 Å². The second-order valence-electron chi connectivity index (χ2n) is 3.83. The summed E-state index contributed by atoms with van der Waals surface area (Å²) in [5.74, 6) is 0. The molecule has 0 radical (unpaired) electrons. The van der Waals surface area contributed by atoms with E-state index in [0.29, 0.717) is 6.54 Å². The molecule has 2 rings (SSSR count). The Morgan fingerprint density at radius 1 is 1.20 bits per heavy atom. The van der Waals surface area contributed by atoms with Crippen LogP contribution in [0.1, 0.15) is 30.7 Å². The van der Waals surface area contributed by atoms with Crippen molar-refractivity contribution in [3.05, 3.63) is 35.0 Å². The number of hydrogen-bond acceptors (Lipinski definition) is 1. The van der Waals surface area contributed by atoms with Gasteiger partial charge in [0.05, 0.1) is 0 Å². The van der Waals surface area contributed by atoms with Crippen LogP contribution in [-0.2, 0) is 19.4 Å². The first-order valence-electron chi connectivity index (χ1n) is 5.63. The second kappa shape index (κ2) is 4.07. The number of aryl methyl sites for hydroxylation is 2. The number of rotatable bonds is 3. The summed E-state index contributed by atoms with van der Waals surface area (Å²) in [5.41, 5.74) is 11.0. The van der Waals surface area contributed by atoms with Gasteiger partial charge in [0.1, 0.15) is 0 Å². The molecule has 0 bridgehead atoms. The molecule has 0 unspecified atom stereocenters. The minimum Gasteiger partial charge on any atom is -0.357 e. The third kappa shape index (κ3) is 1.55. The van der Waals surface area contributed by atoms with E-state index in [2.05, 4.69) is 37.0 Å². The molecule has 0 saturated carbocycles. The van der Waals surface area contributed by atoms with Crippen LogP contribution in [0.3, 0.4) is 0 Å². The van der Waals surface area contributed by atoms with Gasteiger partial charge >= 0.3 is 0 Å². The molecule has 0 aliphatic heterocycles. The van der Waals surface area contributed by atoms with E-state index >= 15 is 0 Å². The van der Waals surface area contributed by atoms with Crippen molar-refractivity contribution >= 4 is 10.9 Å². The van der Waals surface area contributed by atoms with Crippen molar-refractivity contribution in [2.75, 3.05) is 0 Å². The van der Waals surface area contributed by atoms with E-state index in [1.807, 2.05) is 0 Å². The first-order chi connectivity index (χ1) is 7.31. The van der Waals surface area contributed by atoms with Crippen LogP contribution in [0, 0.1) is 0 Å². The monoisotopic (exact) mass is 202 g/mol. The Kier molecular flexibility index (Phi) is 2.78. The van der Waals surface area contributed by atoms with Gasteiger partial charge in [-0.15, -0.1) is 0 Å². The lowest BCUT2D eigenvalue weighted by atomic mass is 10.0. The standard InChI is InChI=1S/C13H18N2/c1-3-9-6-5-7-11-10(4-2)12(8-14)15-13(9)11/h5-7,15H,3-4,8,14H2,1-2H3. The highest BCUT2D eigenvalue weighted by Gasteiger charge is 2.10. The molecule has 0 fully saturated rings. The van der Waals surface area contributed by atoms with Gasteiger partial charge in [0.15, 0.2) is 0 Å². The van der Waals surface area contributed by atoms with Gasteiger partial charge in [0.2, 0.25) is 0 Å². The molecule has 2 heteroatoms.